The molecule has 0 fully saturated rings. The van der Waals surface area contributed by atoms with Gasteiger partial charge in [0.1, 0.15) is 17.4 Å². The summed E-state index contributed by atoms with van der Waals surface area (Å²) >= 11 is 0. The minimum absolute atomic E-state index is 0.222. The van der Waals surface area contributed by atoms with Crippen molar-refractivity contribution in [3.63, 3.8) is 0 Å². The molecular formula is C19H23NO6. The van der Waals surface area contributed by atoms with E-state index in [1.54, 1.807) is 26.0 Å². The third kappa shape index (κ3) is 3.87. The summed E-state index contributed by atoms with van der Waals surface area (Å²) in [4.78, 5) is 35.8. The maximum absolute atomic E-state index is 12.4. The molecule has 0 aliphatic carbocycles. The molecule has 0 aliphatic rings. The third-order valence-electron chi connectivity index (χ3n) is 4.42. The molecule has 2 N–H and O–H groups in total. The Morgan fingerprint density at radius 2 is 1.96 bits per heavy atom. The van der Waals surface area contributed by atoms with E-state index in [1.807, 2.05) is 6.92 Å². The molecule has 0 aliphatic heterocycles. The van der Waals surface area contributed by atoms with Crippen molar-refractivity contribution < 1.29 is 23.8 Å². The molecule has 26 heavy (non-hydrogen) atoms. The molecule has 0 spiro atoms. The van der Waals surface area contributed by atoms with E-state index >= 15 is 0 Å². The number of nitrogens with one attached hydrogen (secondary N) is 1. The van der Waals surface area contributed by atoms with Crippen molar-refractivity contribution in [3.05, 3.63) is 39.2 Å². The quantitative estimate of drug-likeness (QED) is 0.733. The summed E-state index contributed by atoms with van der Waals surface area (Å²) < 4.78 is 10.7. The maximum atomic E-state index is 12.4. The van der Waals surface area contributed by atoms with Crippen LogP contribution in [0.15, 0.2) is 21.3 Å². The Morgan fingerprint density at radius 1 is 1.27 bits per heavy atom. The van der Waals surface area contributed by atoms with Crippen LogP contribution in [-0.2, 0) is 16.0 Å². The number of aryl methyl sites for hydroxylation is 2. The minimum atomic E-state index is -1.09. The van der Waals surface area contributed by atoms with Gasteiger partial charge in [-0.15, -0.1) is 0 Å². The molecule has 0 saturated heterocycles. The van der Waals surface area contributed by atoms with E-state index in [4.69, 9.17) is 14.3 Å². The number of carboxylic acid groups (broad SMARTS) is 1. The summed E-state index contributed by atoms with van der Waals surface area (Å²) in [6.07, 6.45) is 0.712. The molecular weight excluding hydrogens is 338 g/mol. The van der Waals surface area contributed by atoms with Crippen LogP contribution in [-0.4, -0.2) is 30.1 Å². The lowest BCUT2D eigenvalue weighted by molar-refractivity contribution is -0.141. The summed E-state index contributed by atoms with van der Waals surface area (Å²) in [5.41, 5.74) is 1.38. The molecule has 2 aromatic rings. The average Bonchev–Trinajstić information content (AvgIpc) is 2.59. The first-order valence-electron chi connectivity index (χ1n) is 8.42. The highest BCUT2D eigenvalue weighted by molar-refractivity contribution is 5.88. The van der Waals surface area contributed by atoms with Crippen molar-refractivity contribution in [2.75, 3.05) is 7.11 Å². The number of carboxylic acids is 1. The number of methoxy groups -OCH3 is 1. The molecule has 7 nitrogen and oxygen atoms in total. The molecule has 0 radical (unpaired) electrons. The fraction of sp³-hybridized carbons (Fsp3) is 0.421. The zero-order valence-electron chi connectivity index (χ0n) is 15.3. The van der Waals surface area contributed by atoms with E-state index in [0.29, 0.717) is 40.7 Å². The highest BCUT2D eigenvalue weighted by Crippen LogP contribution is 2.29. The monoisotopic (exact) mass is 361 g/mol. The zero-order valence-corrected chi connectivity index (χ0v) is 15.3. The fourth-order valence-corrected chi connectivity index (χ4v) is 2.95. The van der Waals surface area contributed by atoms with Crippen LogP contribution in [0.4, 0.5) is 0 Å². The SMILES string of the molecule is CCC[C@@H](NC(=O)Cc1c(C)c2ccc(OC)c(C)c2oc1=O)C(=O)O. The first kappa shape index (κ1) is 19.5. The number of hydrogen-bond donors (Lipinski definition) is 2. The first-order valence-corrected chi connectivity index (χ1v) is 8.42. The van der Waals surface area contributed by atoms with Crippen molar-refractivity contribution >= 4 is 22.8 Å². The Kier molecular flexibility index (Phi) is 6.02. The number of rotatable bonds is 7. The van der Waals surface area contributed by atoms with Crippen molar-refractivity contribution in [1.29, 1.82) is 0 Å². The van der Waals surface area contributed by atoms with E-state index in [0.717, 1.165) is 0 Å². The molecule has 140 valence electrons. The molecule has 2 rings (SSSR count). The summed E-state index contributed by atoms with van der Waals surface area (Å²) in [6, 6.07) is 2.58. The highest BCUT2D eigenvalue weighted by Gasteiger charge is 2.22. The van der Waals surface area contributed by atoms with Crippen molar-refractivity contribution in [2.45, 2.75) is 46.1 Å². The van der Waals surface area contributed by atoms with Crippen molar-refractivity contribution in [2.24, 2.45) is 0 Å². The smallest absolute Gasteiger partial charge is 0.340 e. The number of benzene rings is 1. The van der Waals surface area contributed by atoms with Gasteiger partial charge in [0.15, 0.2) is 0 Å². The fourth-order valence-electron chi connectivity index (χ4n) is 2.95. The van der Waals surface area contributed by atoms with Crippen LogP contribution in [0.5, 0.6) is 5.75 Å². The van der Waals surface area contributed by atoms with Gasteiger partial charge in [-0.3, -0.25) is 4.79 Å². The number of aliphatic carboxylic acids is 1. The Balaban J connectivity index is 2.37. The van der Waals surface area contributed by atoms with Gasteiger partial charge in [0.05, 0.1) is 19.1 Å². The third-order valence-corrected chi connectivity index (χ3v) is 4.42. The van der Waals surface area contributed by atoms with Gasteiger partial charge < -0.3 is 19.6 Å². The van der Waals surface area contributed by atoms with Gasteiger partial charge in [0.25, 0.3) is 0 Å². The normalized spacial score (nSPS) is 12.0. The largest absolute Gasteiger partial charge is 0.496 e. The van der Waals surface area contributed by atoms with Gasteiger partial charge >= 0.3 is 11.6 Å². The van der Waals surface area contributed by atoms with Crippen LogP contribution < -0.4 is 15.7 Å². The minimum Gasteiger partial charge on any atom is -0.496 e. The van der Waals surface area contributed by atoms with E-state index in [1.165, 1.54) is 7.11 Å². The predicted molar refractivity (Wildman–Crippen MR) is 96.7 cm³/mol. The second-order valence-electron chi connectivity index (χ2n) is 6.19. The van der Waals surface area contributed by atoms with Crippen LogP contribution in [0, 0.1) is 13.8 Å². The number of fused-ring (bicyclic) bond motifs is 1. The van der Waals surface area contributed by atoms with Crippen LogP contribution in [0.25, 0.3) is 11.0 Å². The summed E-state index contributed by atoms with van der Waals surface area (Å²) in [5.74, 6) is -1.01. The topological polar surface area (TPSA) is 106 Å². The Bertz CT molecular complexity index is 899. The maximum Gasteiger partial charge on any atom is 0.340 e. The van der Waals surface area contributed by atoms with Crippen LogP contribution in [0.2, 0.25) is 0 Å². The van der Waals surface area contributed by atoms with Crippen LogP contribution in [0.3, 0.4) is 0 Å². The Hall–Kier alpha value is -2.83. The molecule has 1 aromatic carbocycles. The van der Waals surface area contributed by atoms with Crippen molar-refractivity contribution in [1.82, 2.24) is 5.32 Å². The molecule has 1 atom stereocenters. The molecule has 1 aromatic heterocycles. The summed E-state index contributed by atoms with van der Waals surface area (Å²) in [5, 5.41) is 12.3. The van der Waals surface area contributed by atoms with Crippen LogP contribution in [0.1, 0.15) is 36.5 Å². The molecule has 0 unspecified atom stereocenters. The van der Waals surface area contributed by atoms with Gasteiger partial charge in [-0.2, -0.15) is 0 Å². The van der Waals surface area contributed by atoms with Gasteiger partial charge in [-0.1, -0.05) is 13.3 Å². The molecule has 0 saturated carbocycles. The number of carbonyl (C=O) groups excluding carboxylic acids is 1. The number of hydrogen-bond acceptors (Lipinski definition) is 5. The second kappa shape index (κ2) is 8.03. The van der Waals surface area contributed by atoms with Gasteiger partial charge in [-0.25, -0.2) is 9.59 Å². The van der Waals surface area contributed by atoms with E-state index in [9.17, 15) is 14.4 Å². The number of carbonyl (C=O) groups is 2. The lowest BCUT2D eigenvalue weighted by Gasteiger charge is -2.14. The number of amides is 1. The van der Waals surface area contributed by atoms with E-state index in [-0.39, 0.29) is 12.0 Å². The summed E-state index contributed by atoms with van der Waals surface area (Å²) in [7, 11) is 1.53. The van der Waals surface area contributed by atoms with E-state index in [2.05, 4.69) is 5.32 Å². The standard InChI is InChI=1S/C19H23NO6/c1-5-6-14(18(22)23)20-16(21)9-13-10(2)12-7-8-15(25-4)11(3)17(12)26-19(13)24/h7-8,14H,5-6,9H2,1-4H3,(H,20,21)(H,22,23)/t14-/m1/s1. The first-order chi connectivity index (χ1) is 12.3. The lowest BCUT2D eigenvalue weighted by Crippen LogP contribution is -2.41. The van der Waals surface area contributed by atoms with Gasteiger partial charge in [0, 0.05) is 10.9 Å². The molecule has 1 heterocycles. The number of ether oxygens (including phenoxy) is 1. The van der Waals surface area contributed by atoms with Crippen molar-refractivity contribution in [3.8, 4) is 5.75 Å². The van der Waals surface area contributed by atoms with E-state index < -0.39 is 23.5 Å². The van der Waals surface area contributed by atoms with Gasteiger partial charge in [-0.05, 0) is 38.0 Å². The second-order valence-corrected chi connectivity index (χ2v) is 6.19. The Labute approximate surface area is 151 Å². The Morgan fingerprint density at radius 3 is 2.54 bits per heavy atom. The van der Waals surface area contributed by atoms with Gasteiger partial charge in [0.2, 0.25) is 5.91 Å². The molecule has 0 bridgehead atoms. The summed E-state index contributed by atoms with van der Waals surface area (Å²) in [6.45, 7) is 5.37. The highest BCUT2D eigenvalue weighted by atomic mass is 16.5. The zero-order chi connectivity index (χ0) is 19.4. The molecule has 7 heteroatoms. The predicted octanol–water partition coefficient (Wildman–Crippen LogP) is 2.33. The average molecular weight is 361 g/mol. The lowest BCUT2D eigenvalue weighted by atomic mass is 10.0. The van der Waals surface area contributed by atoms with Crippen LogP contribution >= 0.6 is 0 Å². The molecule has 1 amide bonds.